The lowest BCUT2D eigenvalue weighted by molar-refractivity contribution is 0.0614. The number of carbonyl (C=O) groups excluding carboxylic acids is 2. The summed E-state index contributed by atoms with van der Waals surface area (Å²) in [6.07, 6.45) is 0.654. The third kappa shape index (κ3) is 2.35. The van der Waals surface area contributed by atoms with E-state index in [4.69, 9.17) is 9.52 Å². The van der Waals surface area contributed by atoms with E-state index in [9.17, 15) is 9.59 Å². The minimum Gasteiger partial charge on any atom is -0.462 e. The van der Waals surface area contributed by atoms with Gasteiger partial charge in [-0.15, -0.1) is 0 Å². The van der Waals surface area contributed by atoms with Crippen molar-refractivity contribution in [1.82, 2.24) is 10.3 Å². The standard InChI is InChI=1S/C11H12N2O5/c1-6-5-17-8-4-7(13-9(6)8)10(15)18-11(16)12-2-3-14/h4-5,13-14H,2-3H2,1H3,(H,12,16). The fourth-order valence-electron chi connectivity index (χ4n) is 1.48. The predicted octanol–water partition coefficient (Wildman–Crippen LogP) is 0.928. The third-order valence-electron chi connectivity index (χ3n) is 2.32. The van der Waals surface area contributed by atoms with Gasteiger partial charge in [-0.2, -0.15) is 0 Å². The van der Waals surface area contributed by atoms with Crippen LogP contribution in [0.3, 0.4) is 0 Å². The van der Waals surface area contributed by atoms with Crippen LogP contribution < -0.4 is 5.32 Å². The fraction of sp³-hybridized carbons (Fsp3) is 0.273. The number of amides is 1. The Balaban J connectivity index is 2.06. The number of aryl methyl sites for hydroxylation is 1. The molecule has 2 heterocycles. The number of H-pyrrole nitrogens is 1. The molecule has 0 fully saturated rings. The zero-order valence-corrected chi connectivity index (χ0v) is 9.65. The molecular weight excluding hydrogens is 240 g/mol. The summed E-state index contributed by atoms with van der Waals surface area (Å²) >= 11 is 0. The Labute approximate surface area is 102 Å². The smallest absolute Gasteiger partial charge is 0.415 e. The molecular formula is C11H12N2O5. The first-order valence-electron chi connectivity index (χ1n) is 5.29. The molecule has 0 atom stereocenters. The number of esters is 1. The van der Waals surface area contributed by atoms with Gasteiger partial charge in [0.2, 0.25) is 0 Å². The fourth-order valence-corrected chi connectivity index (χ4v) is 1.48. The normalized spacial score (nSPS) is 10.6. The van der Waals surface area contributed by atoms with E-state index in [1.54, 1.807) is 6.26 Å². The van der Waals surface area contributed by atoms with Gasteiger partial charge in [0.05, 0.1) is 18.4 Å². The first-order chi connectivity index (χ1) is 8.61. The zero-order chi connectivity index (χ0) is 13.1. The molecule has 2 aromatic rings. The number of aromatic amines is 1. The van der Waals surface area contributed by atoms with Crippen molar-refractivity contribution in [2.24, 2.45) is 0 Å². The molecule has 0 bridgehead atoms. The van der Waals surface area contributed by atoms with Gasteiger partial charge in [-0.05, 0) is 6.92 Å². The topological polar surface area (TPSA) is 105 Å². The van der Waals surface area contributed by atoms with Crippen molar-refractivity contribution in [3.05, 3.63) is 23.6 Å². The van der Waals surface area contributed by atoms with E-state index in [1.807, 2.05) is 6.92 Å². The van der Waals surface area contributed by atoms with E-state index in [-0.39, 0.29) is 18.8 Å². The molecule has 0 saturated carbocycles. The molecule has 2 rings (SSSR count). The minimum atomic E-state index is -0.906. The number of rotatable bonds is 3. The predicted molar refractivity (Wildman–Crippen MR) is 61.2 cm³/mol. The average Bonchev–Trinajstić information content (AvgIpc) is 2.89. The Morgan fingerprint density at radius 1 is 1.56 bits per heavy atom. The molecule has 0 spiro atoms. The number of ether oxygens (including phenoxy) is 1. The van der Waals surface area contributed by atoms with Gasteiger partial charge in [0.15, 0.2) is 5.58 Å². The molecule has 0 unspecified atom stereocenters. The first-order valence-corrected chi connectivity index (χ1v) is 5.29. The second-order valence-electron chi connectivity index (χ2n) is 3.67. The molecule has 0 aliphatic rings. The lowest BCUT2D eigenvalue weighted by Gasteiger charge is -2.02. The number of alkyl carbamates (subject to hydrolysis) is 1. The number of furan rings is 1. The number of hydrogen-bond donors (Lipinski definition) is 3. The van der Waals surface area contributed by atoms with E-state index >= 15 is 0 Å². The number of hydrogen-bond acceptors (Lipinski definition) is 5. The van der Waals surface area contributed by atoms with Gasteiger partial charge in [0.1, 0.15) is 5.69 Å². The molecule has 2 aromatic heterocycles. The first kappa shape index (κ1) is 12.2. The minimum absolute atomic E-state index is 0.0261. The number of fused-ring (bicyclic) bond motifs is 1. The van der Waals surface area contributed by atoms with Crippen molar-refractivity contribution in [2.75, 3.05) is 13.2 Å². The third-order valence-corrected chi connectivity index (χ3v) is 2.32. The van der Waals surface area contributed by atoms with Crippen LogP contribution in [-0.4, -0.2) is 35.3 Å². The summed E-state index contributed by atoms with van der Waals surface area (Å²) in [5.74, 6) is -0.809. The molecule has 0 radical (unpaired) electrons. The molecule has 0 saturated heterocycles. The van der Waals surface area contributed by atoms with Crippen LogP contribution in [0, 0.1) is 6.92 Å². The Kier molecular flexibility index (Phi) is 3.33. The quantitative estimate of drug-likeness (QED) is 0.556. The highest BCUT2D eigenvalue weighted by molar-refractivity contribution is 5.98. The van der Waals surface area contributed by atoms with Crippen molar-refractivity contribution < 1.29 is 23.8 Å². The van der Waals surface area contributed by atoms with Gasteiger partial charge in [-0.25, -0.2) is 9.59 Å². The Hall–Kier alpha value is -2.28. The van der Waals surface area contributed by atoms with Gasteiger partial charge in [0.25, 0.3) is 0 Å². The summed E-state index contributed by atoms with van der Waals surface area (Å²) in [6, 6.07) is 1.46. The van der Waals surface area contributed by atoms with Crippen LogP contribution in [-0.2, 0) is 4.74 Å². The van der Waals surface area contributed by atoms with Crippen LogP contribution in [0.1, 0.15) is 16.1 Å². The number of aliphatic hydroxyl groups is 1. The Morgan fingerprint density at radius 2 is 2.33 bits per heavy atom. The maximum absolute atomic E-state index is 11.6. The molecule has 18 heavy (non-hydrogen) atoms. The monoisotopic (exact) mass is 252 g/mol. The number of aromatic nitrogens is 1. The van der Waals surface area contributed by atoms with Gasteiger partial charge in [-0.3, -0.25) is 0 Å². The molecule has 0 aromatic carbocycles. The molecule has 3 N–H and O–H groups in total. The molecule has 96 valence electrons. The Morgan fingerprint density at radius 3 is 3.00 bits per heavy atom. The summed E-state index contributed by atoms with van der Waals surface area (Å²) in [4.78, 5) is 25.5. The summed E-state index contributed by atoms with van der Waals surface area (Å²) in [6.45, 7) is 1.63. The van der Waals surface area contributed by atoms with Crippen LogP contribution in [0.4, 0.5) is 4.79 Å². The molecule has 0 aliphatic heterocycles. The summed E-state index contributed by atoms with van der Waals surface area (Å²) in [5.41, 5.74) is 2.20. The van der Waals surface area contributed by atoms with Crippen LogP contribution in [0.5, 0.6) is 0 Å². The molecule has 7 nitrogen and oxygen atoms in total. The number of aliphatic hydroxyl groups excluding tert-OH is 1. The summed E-state index contributed by atoms with van der Waals surface area (Å²) < 4.78 is 9.68. The van der Waals surface area contributed by atoms with Crippen LogP contribution in [0.2, 0.25) is 0 Å². The second kappa shape index (κ2) is 4.92. The highest BCUT2D eigenvalue weighted by Gasteiger charge is 2.17. The van der Waals surface area contributed by atoms with E-state index in [1.165, 1.54) is 6.07 Å². The van der Waals surface area contributed by atoms with Crippen LogP contribution >= 0.6 is 0 Å². The average molecular weight is 252 g/mol. The van der Waals surface area contributed by atoms with Crippen LogP contribution in [0.15, 0.2) is 16.7 Å². The maximum Gasteiger partial charge on any atom is 0.415 e. The SMILES string of the molecule is Cc1coc2cc(C(=O)OC(=O)NCCO)[nH]c12. The van der Waals surface area contributed by atoms with E-state index in [2.05, 4.69) is 15.0 Å². The lowest BCUT2D eigenvalue weighted by Crippen LogP contribution is -2.29. The van der Waals surface area contributed by atoms with E-state index in [0.29, 0.717) is 11.1 Å². The lowest BCUT2D eigenvalue weighted by atomic mass is 10.3. The Bertz CT molecular complexity index is 583. The highest BCUT2D eigenvalue weighted by atomic mass is 16.6. The van der Waals surface area contributed by atoms with Crippen molar-refractivity contribution in [3.8, 4) is 0 Å². The van der Waals surface area contributed by atoms with E-state index in [0.717, 1.165) is 5.56 Å². The second-order valence-corrected chi connectivity index (χ2v) is 3.67. The van der Waals surface area contributed by atoms with Gasteiger partial charge in [-0.1, -0.05) is 0 Å². The van der Waals surface area contributed by atoms with Crippen molar-refractivity contribution >= 4 is 23.2 Å². The van der Waals surface area contributed by atoms with Gasteiger partial charge in [0, 0.05) is 18.2 Å². The highest BCUT2D eigenvalue weighted by Crippen LogP contribution is 2.21. The van der Waals surface area contributed by atoms with Gasteiger partial charge >= 0.3 is 12.1 Å². The van der Waals surface area contributed by atoms with Crippen LogP contribution in [0.25, 0.3) is 11.1 Å². The zero-order valence-electron chi connectivity index (χ0n) is 9.65. The number of carbonyl (C=O) groups is 2. The van der Waals surface area contributed by atoms with Crippen molar-refractivity contribution in [3.63, 3.8) is 0 Å². The largest absolute Gasteiger partial charge is 0.462 e. The maximum atomic E-state index is 11.6. The number of nitrogens with one attached hydrogen (secondary N) is 2. The molecule has 7 heteroatoms. The van der Waals surface area contributed by atoms with Crippen molar-refractivity contribution in [2.45, 2.75) is 6.92 Å². The van der Waals surface area contributed by atoms with E-state index < -0.39 is 12.1 Å². The summed E-state index contributed by atoms with van der Waals surface area (Å²) in [7, 11) is 0. The summed E-state index contributed by atoms with van der Waals surface area (Å²) in [5, 5.41) is 10.7. The van der Waals surface area contributed by atoms with Gasteiger partial charge < -0.3 is 24.6 Å². The molecule has 1 amide bonds. The van der Waals surface area contributed by atoms with Crippen molar-refractivity contribution in [1.29, 1.82) is 0 Å². The molecule has 0 aliphatic carbocycles.